The highest BCUT2D eigenvalue weighted by atomic mass is 19.1. The molecule has 3 aromatic rings. The molecule has 0 atom stereocenters. The molecule has 0 saturated heterocycles. The number of aryl methyl sites for hydroxylation is 1. The average molecular weight is 429 g/mol. The van der Waals surface area contributed by atoms with Gasteiger partial charge in [0.05, 0.1) is 19.8 Å². The van der Waals surface area contributed by atoms with Gasteiger partial charge in [-0.2, -0.15) is 5.26 Å². The summed E-state index contributed by atoms with van der Waals surface area (Å²) in [5.41, 5.74) is 1.48. The summed E-state index contributed by atoms with van der Waals surface area (Å²) in [5.74, 6) is -0.0979. The van der Waals surface area contributed by atoms with Gasteiger partial charge in [0, 0.05) is 23.5 Å². The quantitative estimate of drug-likeness (QED) is 0.452. The van der Waals surface area contributed by atoms with E-state index in [1.807, 2.05) is 33.8 Å². The molecule has 6 heteroatoms. The first kappa shape index (κ1) is 27.5. The highest BCUT2D eigenvalue weighted by molar-refractivity contribution is 5.74. The topological polar surface area (TPSA) is 55.1 Å². The van der Waals surface area contributed by atoms with E-state index in [1.165, 1.54) is 39.5 Å². The number of methoxy groups -OCH3 is 2. The van der Waals surface area contributed by atoms with Crippen LogP contribution in [0.25, 0.3) is 11.1 Å². The molecule has 4 nitrogen and oxygen atoms in total. The predicted octanol–water partition coefficient (Wildman–Crippen LogP) is 6.96. The van der Waals surface area contributed by atoms with Crippen LogP contribution in [0.1, 0.15) is 38.8 Å². The fourth-order valence-electron chi connectivity index (χ4n) is 2.38. The lowest BCUT2D eigenvalue weighted by molar-refractivity contribution is 0.356. The molecule has 3 rings (SSSR count). The smallest absolute Gasteiger partial charge is 0.168 e. The molecule has 2 aromatic carbocycles. The van der Waals surface area contributed by atoms with Crippen molar-refractivity contribution in [3.05, 3.63) is 77.6 Å². The Hall–Kier alpha value is -3.46. The van der Waals surface area contributed by atoms with Crippen molar-refractivity contribution in [3.63, 3.8) is 0 Å². The van der Waals surface area contributed by atoms with Crippen LogP contribution in [0, 0.1) is 29.9 Å². The Balaban J connectivity index is 0.000000625. The fraction of sp³-hybridized carbons (Fsp3) is 0.280. The molecule has 0 bridgehead atoms. The lowest BCUT2D eigenvalue weighted by Crippen LogP contribution is -1.96. The van der Waals surface area contributed by atoms with E-state index in [2.05, 4.69) is 4.98 Å². The van der Waals surface area contributed by atoms with E-state index >= 15 is 0 Å². The number of aromatic nitrogens is 1. The summed E-state index contributed by atoms with van der Waals surface area (Å²) in [6.07, 6.45) is 3.17. The first-order valence-corrected chi connectivity index (χ1v) is 9.99. The molecule has 1 aromatic heterocycles. The summed E-state index contributed by atoms with van der Waals surface area (Å²) in [4.78, 5) is 3.73. The molecule has 1 heterocycles. The number of para-hydroxylation sites is 1. The van der Waals surface area contributed by atoms with E-state index in [1.54, 1.807) is 36.5 Å². The van der Waals surface area contributed by atoms with Gasteiger partial charge in [0.1, 0.15) is 17.7 Å². The number of pyridine rings is 1. The molecular weight excluding hydrogens is 398 g/mol. The van der Waals surface area contributed by atoms with E-state index in [4.69, 9.17) is 14.7 Å². The van der Waals surface area contributed by atoms with Crippen LogP contribution in [0.2, 0.25) is 0 Å². The van der Waals surface area contributed by atoms with Crippen LogP contribution >= 0.6 is 0 Å². The zero-order valence-corrected chi connectivity index (χ0v) is 19.2. The molecule has 0 fully saturated rings. The van der Waals surface area contributed by atoms with Crippen molar-refractivity contribution >= 4 is 0 Å². The SMILES string of the molecule is CC.CC.COc1cccc(-c2cc(F)c(C)cc2F)c1OC.N#Cc1cccnc1. The Morgan fingerprint density at radius 2 is 1.55 bits per heavy atom. The lowest BCUT2D eigenvalue weighted by atomic mass is 10.0. The van der Waals surface area contributed by atoms with Crippen LogP contribution in [-0.4, -0.2) is 19.2 Å². The number of halogens is 2. The van der Waals surface area contributed by atoms with Gasteiger partial charge in [-0.05, 0) is 42.8 Å². The average Bonchev–Trinajstić information content (AvgIpc) is 2.84. The van der Waals surface area contributed by atoms with Gasteiger partial charge < -0.3 is 9.47 Å². The van der Waals surface area contributed by atoms with Crippen LogP contribution in [0.5, 0.6) is 11.5 Å². The Morgan fingerprint density at radius 3 is 2.03 bits per heavy atom. The van der Waals surface area contributed by atoms with Crippen molar-refractivity contribution in [2.75, 3.05) is 14.2 Å². The normalized spacial score (nSPS) is 8.77. The van der Waals surface area contributed by atoms with Gasteiger partial charge in [0.25, 0.3) is 0 Å². The molecule has 0 aliphatic heterocycles. The van der Waals surface area contributed by atoms with Gasteiger partial charge in [0.2, 0.25) is 0 Å². The fourth-order valence-corrected chi connectivity index (χ4v) is 2.38. The summed E-state index contributed by atoms with van der Waals surface area (Å²) in [6.45, 7) is 9.52. The van der Waals surface area contributed by atoms with E-state index in [0.29, 0.717) is 22.6 Å². The van der Waals surface area contributed by atoms with Crippen LogP contribution in [0.4, 0.5) is 8.78 Å². The Morgan fingerprint density at radius 1 is 0.871 bits per heavy atom. The Kier molecular flexibility index (Phi) is 13.7. The zero-order valence-electron chi connectivity index (χ0n) is 19.2. The Labute approximate surface area is 184 Å². The second kappa shape index (κ2) is 15.4. The highest BCUT2D eigenvalue weighted by Gasteiger charge is 2.16. The first-order chi connectivity index (χ1) is 15.0. The zero-order chi connectivity index (χ0) is 23.8. The minimum absolute atomic E-state index is 0.152. The Bertz CT molecular complexity index is 956. The standard InChI is InChI=1S/C15H14F2O2.C6H4N2.2C2H6/c1-9-7-13(17)11(8-12(9)16)10-5-4-6-14(18-2)15(10)19-3;7-4-6-2-1-3-8-5-6;2*1-2/h4-8H,1-3H3;1-3,5H;2*1-2H3. The molecule has 166 valence electrons. The monoisotopic (exact) mass is 428 g/mol. The van der Waals surface area contributed by atoms with Crippen molar-refractivity contribution < 1.29 is 18.3 Å². The van der Waals surface area contributed by atoms with Gasteiger partial charge in [-0.1, -0.05) is 39.8 Å². The van der Waals surface area contributed by atoms with Gasteiger partial charge >= 0.3 is 0 Å². The third-order valence-corrected chi connectivity index (χ3v) is 3.73. The number of hydrogen-bond acceptors (Lipinski definition) is 4. The largest absolute Gasteiger partial charge is 0.493 e. The maximum absolute atomic E-state index is 14.0. The third kappa shape index (κ3) is 8.06. The van der Waals surface area contributed by atoms with Crippen LogP contribution in [-0.2, 0) is 0 Å². The molecule has 0 saturated carbocycles. The van der Waals surface area contributed by atoms with Crippen molar-refractivity contribution in [2.24, 2.45) is 0 Å². The summed E-state index contributed by atoms with van der Waals surface area (Å²) in [7, 11) is 2.96. The van der Waals surface area contributed by atoms with E-state index < -0.39 is 11.6 Å². The summed E-state index contributed by atoms with van der Waals surface area (Å²) in [6, 6.07) is 12.8. The number of rotatable bonds is 3. The molecule has 0 spiro atoms. The van der Waals surface area contributed by atoms with E-state index in [9.17, 15) is 8.78 Å². The summed E-state index contributed by atoms with van der Waals surface area (Å²) >= 11 is 0. The van der Waals surface area contributed by atoms with E-state index in [-0.39, 0.29) is 11.1 Å². The predicted molar refractivity (Wildman–Crippen MR) is 121 cm³/mol. The molecule has 0 amide bonds. The number of hydrogen-bond donors (Lipinski definition) is 0. The van der Waals surface area contributed by atoms with Gasteiger partial charge in [-0.15, -0.1) is 0 Å². The van der Waals surface area contributed by atoms with Crippen LogP contribution in [0.15, 0.2) is 54.9 Å². The highest BCUT2D eigenvalue weighted by Crippen LogP contribution is 2.39. The molecule has 0 radical (unpaired) electrons. The van der Waals surface area contributed by atoms with Crippen molar-refractivity contribution in [2.45, 2.75) is 34.6 Å². The first-order valence-electron chi connectivity index (χ1n) is 9.99. The number of ether oxygens (including phenoxy) is 2. The molecule has 0 unspecified atom stereocenters. The molecule has 0 N–H and O–H groups in total. The minimum atomic E-state index is -0.495. The number of benzene rings is 2. The second-order valence-corrected chi connectivity index (χ2v) is 5.48. The summed E-state index contributed by atoms with van der Waals surface area (Å²) in [5, 5.41) is 8.25. The maximum Gasteiger partial charge on any atom is 0.168 e. The van der Waals surface area contributed by atoms with Crippen molar-refractivity contribution in [1.82, 2.24) is 4.98 Å². The number of nitrogens with zero attached hydrogens (tertiary/aromatic N) is 2. The maximum atomic E-state index is 14.0. The van der Waals surface area contributed by atoms with Gasteiger partial charge in [-0.25, -0.2) is 8.78 Å². The van der Waals surface area contributed by atoms with Gasteiger partial charge in [0.15, 0.2) is 11.5 Å². The van der Waals surface area contributed by atoms with E-state index in [0.717, 1.165) is 0 Å². The van der Waals surface area contributed by atoms with Crippen LogP contribution in [0.3, 0.4) is 0 Å². The summed E-state index contributed by atoms with van der Waals surface area (Å²) < 4.78 is 38.0. The molecule has 31 heavy (non-hydrogen) atoms. The minimum Gasteiger partial charge on any atom is -0.493 e. The van der Waals surface area contributed by atoms with Gasteiger partial charge in [-0.3, -0.25) is 4.98 Å². The number of nitriles is 1. The molecular formula is C25H30F2N2O2. The molecule has 0 aliphatic rings. The van der Waals surface area contributed by atoms with Crippen molar-refractivity contribution in [1.29, 1.82) is 5.26 Å². The van der Waals surface area contributed by atoms with Crippen molar-refractivity contribution in [3.8, 4) is 28.7 Å². The second-order valence-electron chi connectivity index (χ2n) is 5.48. The third-order valence-electron chi connectivity index (χ3n) is 3.73. The lowest BCUT2D eigenvalue weighted by Gasteiger charge is -2.13. The van der Waals surface area contributed by atoms with Crippen LogP contribution < -0.4 is 9.47 Å². The molecule has 0 aliphatic carbocycles.